The number of benzene rings is 1. The smallest absolute Gasteiger partial charge is 0.134 e. The number of aromatic nitrogens is 1. The summed E-state index contributed by atoms with van der Waals surface area (Å²) >= 11 is 3.46. The molecule has 0 bridgehead atoms. The standard InChI is InChI=1S/C13H13BrN2O/c14-12-7-10(8-15)4-5-13(12)17-9-11-3-1-2-6-16-11/h1-7H,8-9,15H2. The Morgan fingerprint density at radius 3 is 2.76 bits per heavy atom. The summed E-state index contributed by atoms with van der Waals surface area (Å²) in [4.78, 5) is 4.20. The van der Waals surface area contributed by atoms with Gasteiger partial charge in [-0.1, -0.05) is 12.1 Å². The predicted octanol–water partition coefficient (Wildman–Crippen LogP) is 2.88. The van der Waals surface area contributed by atoms with Crippen molar-refractivity contribution in [2.24, 2.45) is 5.73 Å². The van der Waals surface area contributed by atoms with Gasteiger partial charge in [-0.2, -0.15) is 0 Å². The summed E-state index contributed by atoms with van der Waals surface area (Å²) in [6.07, 6.45) is 1.76. The Morgan fingerprint density at radius 1 is 1.24 bits per heavy atom. The van der Waals surface area contributed by atoms with Gasteiger partial charge in [0.05, 0.1) is 10.2 Å². The van der Waals surface area contributed by atoms with Gasteiger partial charge in [0.2, 0.25) is 0 Å². The molecule has 0 aliphatic carbocycles. The maximum absolute atomic E-state index is 5.67. The van der Waals surface area contributed by atoms with E-state index >= 15 is 0 Å². The van der Waals surface area contributed by atoms with Crippen LogP contribution in [0.1, 0.15) is 11.3 Å². The lowest BCUT2D eigenvalue weighted by molar-refractivity contribution is 0.299. The van der Waals surface area contributed by atoms with Crippen LogP contribution >= 0.6 is 15.9 Å². The number of nitrogens with zero attached hydrogens (tertiary/aromatic N) is 1. The van der Waals surface area contributed by atoms with Crippen LogP contribution in [0.5, 0.6) is 5.75 Å². The van der Waals surface area contributed by atoms with E-state index in [2.05, 4.69) is 20.9 Å². The van der Waals surface area contributed by atoms with E-state index in [-0.39, 0.29) is 0 Å². The third-order valence-corrected chi connectivity index (χ3v) is 2.95. The van der Waals surface area contributed by atoms with Crippen LogP contribution in [0, 0.1) is 0 Å². The Balaban J connectivity index is 2.04. The maximum Gasteiger partial charge on any atom is 0.134 e. The molecule has 0 saturated carbocycles. The van der Waals surface area contributed by atoms with E-state index in [1.54, 1.807) is 6.20 Å². The summed E-state index contributed by atoms with van der Waals surface area (Å²) in [7, 11) is 0. The minimum atomic E-state index is 0.460. The Hall–Kier alpha value is -1.39. The first-order chi connectivity index (χ1) is 8.29. The molecule has 2 aromatic rings. The van der Waals surface area contributed by atoms with Crippen LogP contribution in [0.15, 0.2) is 47.1 Å². The minimum Gasteiger partial charge on any atom is -0.486 e. The number of pyridine rings is 1. The molecule has 17 heavy (non-hydrogen) atoms. The van der Waals surface area contributed by atoms with Crippen molar-refractivity contribution in [2.75, 3.05) is 0 Å². The van der Waals surface area contributed by atoms with Gasteiger partial charge < -0.3 is 10.5 Å². The van der Waals surface area contributed by atoms with Crippen LogP contribution < -0.4 is 10.5 Å². The molecule has 3 nitrogen and oxygen atoms in total. The van der Waals surface area contributed by atoms with E-state index in [0.29, 0.717) is 13.2 Å². The highest BCUT2D eigenvalue weighted by Gasteiger charge is 2.02. The maximum atomic E-state index is 5.67. The summed E-state index contributed by atoms with van der Waals surface area (Å²) in [5.74, 6) is 0.799. The fraction of sp³-hybridized carbons (Fsp3) is 0.154. The van der Waals surface area contributed by atoms with Crippen LogP contribution in [0.25, 0.3) is 0 Å². The first-order valence-electron chi connectivity index (χ1n) is 5.31. The minimum absolute atomic E-state index is 0.460. The van der Waals surface area contributed by atoms with Crippen molar-refractivity contribution in [3.8, 4) is 5.75 Å². The van der Waals surface area contributed by atoms with Crippen molar-refractivity contribution in [1.82, 2.24) is 4.98 Å². The summed E-state index contributed by atoms with van der Waals surface area (Å²) in [6, 6.07) is 11.6. The molecule has 1 aromatic carbocycles. The molecule has 0 aliphatic heterocycles. The van der Waals surface area contributed by atoms with E-state index in [1.807, 2.05) is 36.4 Å². The molecule has 0 atom stereocenters. The molecule has 1 aromatic heterocycles. The zero-order chi connectivity index (χ0) is 12.1. The molecule has 1 heterocycles. The zero-order valence-corrected chi connectivity index (χ0v) is 10.9. The van der Waals surface area contributed by atoms with Gasteiger partial charge in [-0.05, 0) is 45.8 Å². The van der Waals surface area contributed by atoms with Gasteiger partial charge >= 0.3 is 0 Å². The number of ether oxygens (including phenoxy) is 1. The van der Waals surface area contributed by atoms with Gasteiger partial charge in [0.1, 0.15) is 12.4 Å². The average Bonchev–Trinajstić information content (AvgIpc) is 2.38. The lowest BCUT2D eigenvalue weighted by atomic mass is 10.2. The summed E-state index contributed by atoms with van der Waals surface area (Å²) < 4.78 is 6.59. The fourth-order valence-electron chi connectivity index (χ4n) is 1.42. The molecule has 2 rings (SSSR count). The van der Waals surface area contributed by atoms with Crippen molar-refractivity contribution < 1.29 is 4.74 Å². The van der Waals surface area contributed by atoms with Gasteiger partial charge in [0, 0.05) is 12.7 Å². The molecule has 0 spiro atoms. The Bertz CT molecular complexity index is 488. The number of rotatable bonds is 4. The van der Waals surface area contributed by atoms with Gasteiger partial charge in [-0.15, -0.1) is 0 Å². The molecule has 0 fully saturated rings. The molecular formula is C13H13BrN2O. The fourth-order valence-corrected chi connectivity index (χ4v) is 1.96. The summed E-state index contributed by atoms with van der Waals surface area (Å²) in [5, 5.41) is 0. The van der Waals surface area contributed by atoms with Crippen molar-refractivity contribution in [1.29, 1.82) is 0 Å². The number of nitrogens with two attached hydrogens (primary N) is 1. The largest absolute Gasteiger partial charge is 0.486 e. The number of halogens is 1. The van der Waals surface area contributed by atoms with Crippen LogP contribution in [0.4, 0.5) is 0 Å². The van der Waals surface area contributed by atoms with E-state index in [1.165, 1.54) is 0 Å². The van der Waals surface area contributed by atoms with Gasteiger partial charge in [-0.3, -0.25) is 4.98 Å². The third kappa shape index (κ3) is 3.28. The first kappa shape index (κ1) is 12.1. The molecule has 0 aliphatic rings. The molecule has 0 amide bonds. The van der Waals surface area contributed by atoms with Crippen molar-refractivity contribution >= 4 is 15.9 Å². The van der Waals surface area contributed by atoms with Gasteiger partial charge in [0.25, 0.3) is 0 Å². The van der Waals surface area contributed by atoms with Crippen LogP contribution in [0.3, 0.4) is 0 Å². The van der Waals surface area contributed by atoms with Gasteiger partial charge in [-0.25, -0.2) is 0 Å². The van der Waals surface area contributed by atoms with E-state index in [4.69, 9.17) is 10.5 Å². The number of hydrogen-bond acceptors (Lipinski definition) is 3. The van der Waals surface area contributed by atoms with Crippen LogP contribution in [0.2, 0.25) is 0 Å². The monoisotopic (exact) mass is 292 g/mol. The second-order valence-electron chi connectivity index (χ2n) is 3.58. The topological polar surface area (TPSA) is 48.1 Å². The molecule has 0 unspecified atom stereocenters. The Morgan fingerprint density at radius 2 is 2.12 bits per heavy atom. The molecule has 2 N–H and O–H groups in total. The van der Waals surface area contributed by atoms with Crippen LogP contribution in [-0.2, 0) is 13.2 Å². The van der Waals surface area contributed by atoms with Crippen molar-refractivity contribution in [3.05, 3.63) is 58.3 Å². The van der Waals surface area contributed by atoms with E-state index in [0.717, 1.165) is 21.5 Å². The van der Waals surface area contributed by atoms with E-state index < -0.39 is 0 Å². The zero-order valence-electron chi connectivity index (χ0n) is 9.27. The second kappa shape index (κ2) is 5.80. The molecule has 4 heteroatoms. The molecule has 88 valence electrons. The first-order valence-corrected chi connectivity index (χ1v) is 6.10. The Kier molecular flexibility index (Phi) is 4.12. The van der Waals surface area contributed by atoms with Crippen molar-refractivity contribution in [2.45, 2.75) is 13.2 Å². The lowest BCUT2D eigenvalue weighted by Crippen LogP contribution is -2.00. The summed E-state index contributed by atoms with van der Waals surface area (Å²) in [6.45, 7) is 0.987. The quantitative estimate of drug-likeness (QED) is 0.943. The average molecular weight is 293 g/mol. The molecule has 0 radical (unpaired) electrons. The lowest BCUT2D eigenvalue weighted by Gasteiger charge is -2.08. The van der Waals surface area contributed by atoms with Gasteiger partial charge in [0.15, 0.2) is 0 Å². The van der Waals surface area contributed by atoms with E-state index in [9.17, 15) is 0 Å². The highest BCUT2D eigenvalue weighted by molar-refractivity contribution is 9.10. The highest BCUT2D eigenvalue weighted by Crippen LogP contribution is 2.26. The SMILES string of the molecule is NCc1ccc(OCc2ccccn2)c(Br)c1. The highest BCUT2D eigenvalue weighted by atomic mass is 79.9. The third-order valence-electron chi connectivity index (χ3n) is 2.33. The molecule has 0 saturated heterocycles. The summed E-state index contributed by atoms with van der Waals surface area (Å²) in [5.41, 5.74) is 7.54. The Labute approximate surface area is 109 Å². The normalized spacial score (nSPS) is 10.2. The molecular weight excluding hydrogens is 280 g/mol. The van der Waals surface area contributed by atoms with Crippen LogP contribution in [-0.4, -0.2) is 4.98 Å². The number of hydrogen-bond donors (Lipinski definition) is 1. The predicted molar refractivity (Wildman–Crippen MR) is 70.6 cm³/mol. The second-order valence-corrected chi connectivity index (χ2v) is 4.43. The van der Waals surface area contributed by atoms with Crippen molar-refractivity contribution in [3.63, 3.8) is 0 Å².